The van der Waals surface area contributed by atoms with Crippen LogP contribution >= 0.6 is 0 Å². The third-order valence-electron chi connectivity index (χ3n) is 3.11. The summed E-state index contributed by atoms with van der Waals surface area (Å²) < 4.78 is 26.8. The van der Waals surface area contributed by atoms with E-state index in [0.717, 1.165) is 12.8 Å². The quantitative estimate of drug-likeness (QED) is 0.606. The van der Waals surface area contributed by atoms with E-state index in [4.69, 9.17) is 0 Å². The molecule has 0 unspecified atom stereocenters. The third kappa shape index (κ3) is 4.68. The van der Waals surface area contributed by atoms with Crippen molar-refractivity contribution in [3.05, 3.63) is 18.3 Å². The van der Waals surface area contributed by atoms with Gasteiger partial charge in [-0.05, 0) is 31.4 Å². The lowest BCUT2D eigenvalue weighted by atomic mass is 10.3. The smallest absolute Gasteiger partial charge is 0.244 e. The maximum absolute atomic E-state index is 12.2. The number of sulfonamides is 1. The number of carbonyl (C=O) groups is 1. The Labute approximate surface area is 124 Å². The topological polar surface area (TPSA) is 100 Å². The first-order valence-corrected chi connectivity index (χ1v) is 8.43. The predicted octanol–water partition coefficient (Wildman–Crippen LogP) is 0.460. The molecular formula is C13H20N4O3S. The molecule has 1 aliphatic carbocycles. The molecule has 116 valence electrons. The summed E-state index contributed by atoms with van der Waals surface area (Å²) in [4.78, 5) is 15.6. The normalized spacial score (nSPS) is 14.7. The fraction of sp³-hybridized carbons (Fsp3) is 0.538. The van der Waals surface area contributed by atoms with Gasteiger partial charge in [0.1, 0.15) is 10.7 Å². The predicted molar refractivity (Wildman–Crippen MR) is 79.4 cm³/mol. The van der Waals surface area contributed by atoms with Crippen LogP contribution in [0.5, 0.6) is 0 Å². The second kappa shape index (κ2) is 6.86. The minimum absolute atomic E-state index is 0.0195. The maximum atomic E-state index is 12.2. The molecule has 0 aromatic carbocycles. The monoisotopic (exact) mass is 312 g/mol. The van der Waals surface area contributed by atoms with Crippen LogP contribution in [0, 0.1) is 0 Å². The van der Waals surface area contributed by atoms with E-state index < -0.39 is 10.0 Å². The molecule has 1 aliphatic rings. The third-order valence-corrected chi connectivity index (χ3v) is 4.60. The molecule has 1 amide bonds. The molecule has 7 nitrogen and oxygen atoms in total. The van der Waals surface area contributed by atoms with Gasteiger partial charge < -0.3 is 10.6 Å². The molecular weight excluding hydrogens is 292 g/mol. The van der Waals surface area contributed by atoms with Crippen LogP contribution in [0.1, 0.15) is 25.7 Å². The highest BCUT2D eigenvalue weighted by atomic mass is 32.2. The Morgan fingerprint density at radius 3 is 2.86 bits per heavy atom. The van der Waals surface area contributed by atoms with Crippen LogP contribution in [0.25, 0.3) is 0 Å². The Balaban J connectivity index is 1.82. The Morgan fingerprint density at radius 1 is 1.43 bits per heavy atom. The first-order chi connectivity index (χ1) is 10.0. The van der Waals surface area contributed by atoms with E-state index in [1.54, 1.807) is 13.1 Å². The summed E-state index contributed by atoms with van der Waals surface area (Å²) >= 11 is 0. The molecule has 1 aromatic heterocycles. The number of nitrogens with zero attached hydrogens (tertiary/aromatic N) is 1. The molecule has 2 rings (SSSR count). The summed E-state index contributed by atoms with van der Waals surface area (Å²) in [5.74, 6) is 0.283. The summed E-state index contributed by atoms with van der Waals surface area (Å²) in [6.45, 7) is 0.221. The number of hydrogen-bond donors (Lipinski definition) is 3. The average Bonchev–Trinajstić information content (AvgIpc) is 3.27. The number of hydrogen-bond acceptors (Lipinski definition) is 5. The summed E-state index contributed by atoms with van der Waals surface area (Å²) in [5, 5.41) is 5.61. The van der Waals surface area contributed by atoms with Gasteiger partial charge in [0.2, 0.25) is 15.9 Å². The molecule has 8 heteroatoms. The molecule has 0 bridgehead atoms. The lowest BCUT2D eigenvalue weighted by Crippen LogP contribution is -2.29. The number of anilines is 1. The first kappa shape index (κ1) is 15.7. The van der Waals surface area contributed by atoms with E-state index in [1.807, 2.05) is 0 Å². The molecule has 1 saturated carbocycles. The van der Waals surface area contributed by atoms with Gasteiger partial charge in [-0.3, -0.25) is 4.79 Å². The van der Waals surface area contributed by atoms with Gasteiger partial charge in [0.05, 0.1) is 0 Å². The van der Waals surface area contributed by atoms with Crippen molar-refractivity contribution in [2.75, 3.05) is 18.9 Å². The van der Waals surface area contributed by atoms with E-state index in [1.165, 1.54) is 12.3 Å². The number of rotatable bonds is 8. The van der Waals surface area contributed by atoms with Crippen LogP contribution in [0.4, 0.5) is 5.82 Å². The van der Waals surface area contributed by atoms with Crippen molar-refractivity contribution in [1.29, 1.82) is 0 Å². The van der Waals surface area contributed by atoms with E-state index in [-0.39, 0.29) is 17.3 Å². The van der Waals surface area contributed by atoms with E-state index in [9.17, 15) is 13.2 Å². The highest BCUT2D eigenvalue weighted by Gasteiger charge is 2.23. The van der Waals surface area contributed by atoms with Gasteiger partial charge in [0.15, 0.2) is 0 Å². The minimum Gasteiger partial charge on any atom is -0.372 e. The maximum Gasteiger partial charge on any atom is 0.244 e. The molecule has 0 spiro atoms. The van der Waals surface area contributed by atoms with Crippen molar-refractivity contribution in [3.8, 4) is 0 Å². The molecule has 0 radical (unpaired) electrons. The lowest BCUT2D eigenvalue weighted by molar-refractivity contribution is -0.121. The van der Waals surface area contributed by atoms with Crippen LogP contribution in [0.3, 0.4) is 0 Å². The number of pyridine rings is 1. The minimum atomic E-state index is -3.62. The summed E-state index contributed by atoms with van der Waals surface area (Å²) in [6.07, 6.45) is 4.41. The zero-order valence-electron chi connectivity index (χ0n) is 11.9. The van der Waals surface area contributed by atoms with Crippen molar-refractivity contribution in [2.24, 2.45) is 0 Å². The lowest BCUT2D eigenvalue weighted by Gasteiger charge is -2.10. The van der Waals surface area contributed by atoms with Crippen molar-refractivity contribution in [2.45, 2.75) is 36.6 Å². The largest absolute Gasteiger partial charge is 0.372 e. The Bertz CT molecular complexity index is 599. The van der Waals surface area contributed by atoms with E-state index >= 15 is 0 Å². The first-order valence-electron chi connectivity index (χ1n) is 6.95. The molecule has 1 fully saturated rings. The number of aromatic nitrogens is 1. The molecule has 1 aromatic rings. The number of carbonyl (C=O) groups excluding carboxylic acids is 1. The molecule has 0 atom stereocenters. The SMILES string of the molecule is CNc1ncccc1S(=O)(=O)NCCCC(=O)NC1CC1. The van der Waals surface area contributed by atoms with Gasteiger partial charge >= 0.3 is 0 Å². The van der Waals surface area contributed by atoms with Crippen molar-refractivity contribution < 1.29 is 13.2 Å². The molecule has 0 saturated heterocycles. The molecule has 0 aliphatic heterocycles. The van der Waals surface area contributed by atoms with Gasteiger partial charge in [-0.2, -0.15) is 0 Å². The highest BCUT2D eigenvalue weighted by Crippen LogP contribution is 2.19. The average molecular weight is 312 g/mol. The Hall–Kier alpha value is -1.67. The fourth-order valence-corrected chi connectivity index (χ4v) is 3.09. The molecule has 3 N–H and O–H groups in total. The van der Waals surface area contributed by atoms with E-state index in [0.29, 0.717) is 24.7 Å². The van der Waals surface area contributed by atoms with Crippen molar-refractivity contribution in [1.82, 2.24) is 15.0 Å². The van der Waals surface area contributed by atoms with Crippen molar-refractivity contribution in [3.63, 3.8) is 0 Å². The van der Waals surface area contributed by atoms with Crippen LogP contribution in [-0.2, 0) is 14.8 Å². The summed E-state index contributed by atoms with van der Waals surface area (Å²) in [5.41, 5.74) is 0. The molecule has 21 heavy (non-hydrogen) atoms. The van der Waals surface area contributed by atoms with Gasteiger partial charge in [0.25, 0.3) is 0 Å². The zero-order valence-corrected chi connectivity index (χ0v) is 12.7. The summed E-state index contributed by atoms with van der Waals surface area (Å²) in [6, 6.07) is 3.39. The van der Waals surface area contributed by atoms with E-state index in [2.05, 4.69) is 20.3 Å². The van der Waals surface area contributed by atoms with Gasteiger partial charge in [-0.25, -0.2) is 18.1 Å². The second-order valence-corrected chi connectivity index (χ2v) is 6.68. The van der Waals surface area contributed by atoms with Gasteiger partial charge in [-0.1, -0.05) is 0 Å². The van der Waals surface area contributed by atoms with Crippen LogP contribution < -0.4 is 15.4 Å². The molecule has 1 heterocycles. The van der Waals surface area contributed by atoms with Crippen LogP contribution in [0.2, 0.25) is 0 Å². The zero-order chi connectivity index (χ0) is 15.3. The highest BCUT2D eigenvalue weighted by molar-refractivity contribution is 7.89. The fourth-order valence-electron chi connectivity index (χ4n) is 1.86. The van der Waals surface area contributed by atoms with Crippen LogP contribution in [0.15, 0.2) is 23.2 Å². The van der Waals surface area contributed by atoms with Crippen molar-refractivity contribution >= 4 is 21.7 Å². The number of nitrogens with one attached hydrogen (secondary N) is 3. The Morgan fingerprint density at radius 2 is 2.19 bits per heavy atom. The standard InChI is InChI=1S/C13H20N4O3S/c1-14-13-11(4-2-8-15-13)21(19,20)16-9-3-5-12(18)17-10-6-7-10/h2,4,8,10,16H,3,5-7,9H2,1H3,(H,14,15)(H,17,18). The van der Waals surface area contributed by atoms with Crippen LogP contribution in [-0.4, -0.2) is 38.9 Å². The second-order valence-electron chi connectivity index (χ2n) is 4.94. The summed E-state index contributed by atoms with van der Waals surface area (Å²) in [7, 11) is -2.00. The Kier molecular flexibility index (Phi) is 5.13. The number of amides is 1. The van der Waals surface area contributed by atoms with Gasteiger partial charge in [-0.15, -0.1) is 0 Å². The van der Waals surface area contributed by atoms with Gasteiger partial charge in [0, 0.05) is 32.3 Å².